The molecule has 4 saturated carbocycles. The fourth-order valence-electron chi connectivity index (χ4n) is 7.30. The van der Waals surface area contributed by atoms with Crippen LogP contribution in [0.15, 0.2) is 23.1 Å². The molecule has 1 aromatic rings. The van der Waals surface area contributed by atoms with E-state index in [0.717, 1.165) is 24.2 Å². The van der Waals surface area contributed by atoms with E-state index < -0.39 is 10.0 Å². The number of morpholine rings is 1. The number of nitrogens with zero attached hydrogens (tertiary/aromatic N) is 1. The molecule has 4 bridgehead atoms. The molecule has 4 aliphatic carbocycles. The minimum absolute atomic E-state index is 0.00318. The normalized spacial score (nSPS) is 33.2. The van der Waals surface area contributed by atoms with Crippen molar-refractivity contribution in [3.05, 3.63) is 28.8 Å². The number of benzene rings is 1. The predicted molar refractivity (Wildman–Crippen MR) is 123 cm³/mol. The van der Waals surface area contributed by atoms with Crippen LogP contribution in [-0.4, -0.2) is 51.0 Å². The van der Waals surface area contributed by atoms with Gasteiger partial charge in [0, 0.05) is 24.7 Å². The number of rotatable bonds is 6. The van der Waals surface area contributed by atoms with Crippen molar-refractivity contribution in [3.8, 4) is 0 Å². The molecular weight excluding hydrogens is 448 g/mol. The molecule has 1 aliphatic heterocycles. The molecule has 8 heteroatoms. The minimum Gasteiger partial charge on any atom is -0.379 e. The second-order valence-corrected chi connectivity index (χ2v) is 12.7. The molecule has 176 valence electrons. The Morgan fingerprint density at radius 2 is 1.75 bits per heavy atom. The summed E-state index contributed by atoms with van der Waals surface area (Å²) in [5.74, 6) is 2.23. The van der Waals surface area contributed by atoms with Gasteiger partial charge in [-0.25, -0.2) is 8.42 Å². The highest BCUT2D eigenvalue weighted by Crippen LogP contribution is 2.61. The summed E-state index contributed by atoms with van der Waals surface area (Å²) in [5, 5.41) is 3.45. The molecule has 1 atom stereocenters. The number of halogens is 1. The molecule has 5 aliphatic rings. The lowest BCUT2D eigenvalue weighted by molar-refractivity contribution is -0.0727. The van der Waals surface area contributed by atoms with Crippen LogP contribution in [0.2, 0.25) is 5.02 Å². The van der Waals surface area contributed by atoms with Gasteiger partial charge in [0.25, 0.3) is 5.91 Å². The second kappa shape index (κ2) is 8.57. The number of carbonyl (C=O) groups is 1. The third-order valence-electron chi connectivity index (χ3n) is 8.32. The Balaban J connectivity index is 1.37. The smallest absolute Gasteiger partial charge is 0.251 e. The quantitative estimate of drug-likeness (QED) is 0.665. The largest absolute Gasteiger partial charge is 0.379 e. The molecule has 1 N–H and O–H groups in total. The molecule has 0 aromatic heterocycles. The zero-order valence-corrected chi connectivity index (χ0v) is 20.3. The fraction of sp³-hybridized carbons (Fsp3) is 0.708. The van der Waals surface area contributed by atoms with Crippen molar-refractivity contribution < 1.29 is 17.9 Å². The molecule has 1 aromatic carbocycles. The summed E-state index contributed by atoms with van der Waals surface area (Å²) < 4.78 is 32.9. The molecule has 6 rings (SSSR count). The Labute approximate surface area is 196 Å². The van der Waals surface area contributed by atoms with Crippen molar-refractivity contribution in [3.63, 3.8) is 0 Å². The van der Waals surface area contributed by atoms with Crippen LogP contribution in [0.4, 0.5) is 0 Å². The SMILES string of the molecule is CCC(NC(=O)c1ccc(Cl)c(S(=O)(=O)N2CCOCC2)c1)C12CC3CC(CC(C3)C1)C2. The lowest BCUT2D eigenvalue weighted by atomic mass is 9.47. The van der Waals surface area contributed by atoms with Gasteiger partial charge in [-0.2, -0.15) is 4.31 Å². The maximum absolute atomic E-state index is 13.3. The van der Waals surface area contributed by atoms with Crippen LogP contribution in [0.3, 0.4) is 0 Å². The van der Waals surface area contributed by atoms with Gasteiger partial charge in [-0.3, -0.25) is 4.79 Å². The van der Waals surface area contributed by atoms with E-state index in [-0.39, 0.29) is 27.3 Å². The number of amides is 1. The van der Waals surface area contributed by atoms with Gasteiger partial charge in [0.1, 0.15) is 4.90 Å². The Bertz CT molecular complexity index is 954. The molecule has 0 radical (unpaired) electrons. The number of nitrogens with one attached hydrogen (secondary N) is 1. The van der Waals surface area contributed by atoms with E-state index in [2.05, 4.69) is 12.2 Å². The Morgan fingerprint density at radius 1 is 1.16 bits per heavy atom. The van der Waals surface area contributed by atoms with Gasteiger partial charge in [0.05, 0.1) is 18.2 Å². The number of sulfonamides is 1. The highest BCUT2D eigenvalue weighted by Gasteiger charge is 2.54. The van der Waals surface area contributed by atoms with Crippen molar-refractivity contribution >= 4 is 27.5 Å². The number of ether oxygens (including phenoxy) is 1. The Kier molecular flexibility index (Phi) is 6.06. The van der Waals surface area contributed by atoms with E-state index in [1.54, 1.807) is 6.07 Å². The Morgan fingerprint density at radius 3 is 2.31 bits per heavy atom. The zero-order chi connectivity index (χ0) is 22.5. The second-order valence-electron chi connectivity index (χ2n) is 10.4. The zero-order valence-electron chi connectivity index (χ0n) is 18.7. The van der Waals surface area contributed by atoms with Gasteiger partial charge < -0.3 is 10.1 Å². The molecule has 32 heavy (non-hydrogen) atoms. The van der Waals surface area contributed by atoms with Gasteiger partial charge in [0.15, 0.2) is 0 Å². The Hall–Kier alpha value is -1.15. The van der Waals surface area contributed by atoms with Crippen molar-refractivity contribution in [1.82, 2.24) is 9.62 Å². The number of hydrogen-bond acceptors (Lipinski definition) is 4. The first-order valence-corrected chi connectivity index (χ1v) is 13.8. The van der Waals surface area contributed by atoms with Crippen LogP contribution in [0, 0.1) is 23.2 Å². The molecule has 0 spiro atoms. The number of hydrogen-bond donors (Lipinski definition) is 1. The van der Waals surface area contributed by atoms with E-state index in [4.69, 9.17) is 16.3 Å². The van der Waals surface area contributed by atoms with Gasteiger partial charge in [-0.1, -0.05) is 18.5 Å². The first-order chi connectivity index (χ1) is 15.3. The highest BCUT2D eigenvalue weighted by molar-refractivity contribution is 7.89. The molecule has 1 heterocycles. The molecular formula is C24H33ClN2O4S. The third-order valence-corrected chi connectivity index (χ3v) is 10.7. The van der Waals surface area contributed by atoms with Crippen LogP contribution in [0.5, 0.6) is 0 Å². The van der Waals surface area contributed by atoms with Crippen molar-refractivity contribution in [2.45, 2.75) is 62.8 Å². The summed E-state index contributed by atoms with van der Waals surface area (Å²) in [5.41, 5.74) is 0.554. The molecule has 5 fully saturated rings. The lowest BCUT2D eigenvalue weighted by Gasteiger charge is -2.59. The van der Waals surface area contributed by atoms with Crippen LogP contribution in [0.1, 0.15) is 62.2 Å². The summed E-state index contributed by atoms with van der Waals surface area (Å²) in [7, 11) is -3.78. The summed E-state index contributed by atoms with van der Waals surface area (Å²) in [4.78, 5) is 13.3. The van der Waals surface area contributed by atoms with E-state index in [1.165, 1.54) is 55.0 Å². The standard InChI is InChI=1S/C24H33ClN2O4S/c1-2-22(24-13-16-9-17(14-24)11-18(10-16)15-24)26-23(28)19-3-4-20(25)21(12-19)32(29,30)27-5-7-31-8-6-27/h3-4,12,16-18,22H,2,5-11,13-15H2,1H3,(H,26,28). The maximum atomic E-state index is 13.3. The molecule has 6 nitrogen and oxygen atoms in total. The molecule has 1 saturated heterocycles. The van der Waals surface area contributed by atoms with Crippen LogP contribution in [0.25, 0.3) is 0 Å². The van der Waals surface area contributed by atoms with E-state index in [1.807, 2.05) is 0 Å². The summed E-state index contributed by atoms with van der Waals surface area (Å²) >= 11 is 6.28. The van der Waals surface area contributed by atoms with E-state index in [0.29, 0.717) is 31.9 Å². The first kappa shape index (κ1) is 22.6. The first-order valence-electron chi connectivity index (χ1n) is 12.0. The lowest BCUT2D eigenvalue weighted by Crippen LogP contribution is -2.56. The number of carbonyl (C=O) groups excluding carboxylic acids is 1. The summed E-state index contributed by atoms with van der Waals surface area (Å²) in [6.07, 6.45) is 8.64. The molecule has 1 unspecified atom stereocenters. The van der Waals surface area contributed by atoms with Gasteiger partial charge in [-0.05, 0) is 86.3 Å². The van der Waals surface area contributed by atoms with E-state index in [9.17, 15) is 13.2 Å². The average molecular weight is 481 g/mol. The fourth-order valence-corrected chi connectivity index (χ4v) is 9.21. The monoisotopic (exact) mass is 480 g/mol. The van der Waals surface area contributed by atoms with Crippen LogP contribution < -0.4 is 5.32 Å². The minimum atomic E-state index is -3.78. The summed E-state index contributed by atoms with van der Waals surface area (Å²) in [6, 6.07) is 4.71. The third kappa shape index (κ3) is 3.99. The van der Waals surface area contributed by atoms with Crippen molar-refractivity contribution in [2.24, 2.45) is 23.2 Å². The van der Waals surface area contributed by atoms with Gasteiger partial charge >= 0.3 is 0 Å². The molecule has 1 amide bonds. The van der Waals surface area contributed by atoms with Gasteiger partial charge in [-0.15, -0.1) is 0 Å². The van der Waals surface area contributed by atoms with Crippen molar-refractivity contribution in [2.75, 3.05) is 26.3 Å². The van der Waals surface area contributed by atoms with E-state index >= 15 is 0 Å². The topological polar surface area (TPSA) is 75.7 Å². The maximum Gasteiger partial charge on any atom is 0.251 e. The van der Waals surface area contributed by atoms with Crippen LogP contribution in [-0.2, 0) is 14.8 Å². The summed E-state index contributed by atoms with van der Waals surface area (Å²) in [6.45, 7) is 3.46. The van der Waals surface area contributed by atoms with Gasteiger partial charge in [0.2, 0.25) is 10.0 Å². The van der Waals surface area contributed by atoms with Crippen molar-refractivity contribution in [1.29, 1.82) is 0 Å². The highest BCUT2D eigenvalue weighted by atomic mass is 35.5. The van der Waals surface area contributed by atoms with Crippen LogP contribution >= 0.6 is 11.6 Å². The average Bonchev–Trinajstić information content (AvgIpc) is 2.77. The predicted octanol–water partition coefficient (Wildman–Crippen LogP) is 4.09.